The average Bonchev–Trinajstić information content (AvgIpc) is 2.77. The molecule has 1 aliphatic heterocycles. The van der Waals surface area contributed by atoms with Gasteiger partial charge in [0.25, 0.3) is 5.56 Å². The molecule has 164 valence electrons. The van der Waals surface area contributed by atoms with E-state index in [0.717, 1.165) is 11.1 Å². The SMILES string of the molecule is Cc1cc([C@@H](C)Nc2ccc(F)cc2CO)c2nc(N3CCOCC3)n(C)c(=O)c2c1. The van der Waals surface area contributed by atoms with Gasteiger partial charge in [0.2, 0.25) is 5.95 Å². The van der Waals surface area contributed by atoms with E-state index in [-0.39, 0.29) is 18.2 Å². The third-order valence-corrected chi connectivity index (χ3v) is 5.70. The number of aliphatic hydroxyl groups is 1. The first kappa shape index (κ1) is 21.3. The van der Waals surface area contributed by atoms with Crippen LogP contribution in [0.1, 0.15) is 29.7 Å². The normalized spacial score (nSPS) is 15.3. The van der Waals surface area contributed by atoms with Crippen molar-refractivity contribution in [3.05, 3.63) is 63.2 Å². The molecule has 2 heterocycles. The Morgan fingerprint density at radius 1 is 1.26 bits per heavy atom. The van der Waals surface area contributed by atoms with Crippen LogP contribution < -0.4 is 15.8 Å². The van der Waals surface area contributed by atoms with Crippen LogP contribution in [0.3, 0.4) is 0 Å². The summed E-state index contributed by atoms with van der Waals surface area (Å²) in [4.78, 5) is 20.2. The van der Waals surface area contributed by atoms with Gasteiger partial charge in [0.15, 0.2) is 0 Å². The number of aromatic nitrogens is 2. The summed E-state index contributed by atoms with van der Waals surface area (Å²) in [5, 5.41) is 13.5. The molecular formula is C23H27FN4O3. The first-order valence-electron chi connectivity index (χ1n) is 10.4. The zero-order valence-corrected chi connectivity index (χ0v) is 18.0. The van der Waals surface area contributed by atoms with E-state index in [4.69, 9.17) is 9.72 Å². The summed E-state index contributed by atoms with van der Waals surface area (Å²) in [6.07, 6.45) is 0. The Morgan fingerprint density at radius 3 is 2.71 bits per heavy atom. The lowest BCUT2D eigenvalue weighted by Crippen LogP contribution is -2.40. The number of aryl methyl sites for hydroxylation is 1. The summed E-state index contributed by atoms with van der Waals surface area (Å²) in [5.74, 6) is 0.222. The second-order valence-corrected chi connectivity index (χ2v) is 7.95. The Kier molecular flexibility index (Phi) is 5.93. The Labute approximate surface area is 180 Å². The maximum atomic E-state index is 13.6. The van der Waals surface area contributed by atoms with E-state index < -0.39 is 5.82 Å². The second kappa shape index (κ2) is 8.64. The van der Waals surface area contributed by atoms with E-state index in [1.54, 1.807) is 17.7 Å². The summed E-state index contributed by atoms with van der Waals surface area (Å²) in [6, 6.07) is 7.93. The van der Waals surface area contributed by atoms with Crippen LogP contribution in [0.15, 0.2) is 35.1 Å². The molecule has 0 unspecified atom stereocenters. The molecule has 2 N–H and O–H groups in total. The highest BCUT2D eigenvalue weighted by atomic mass is 19.1. The fraction of sp³-hybridized carbons (Fsp3) is 0.391. The van der Waals surface area contributed by atoms with Gasteiger partial charge >= 0.3 is 0 Å². The van der Waals surface area contributed by atoms with Crippen LogP contribution in [0, 0.1) is 12.7 Å². The highest BCUT2D eigenvalue weighted by molar-refractivity contribution is 5.84. The maximum Gasteiger partial charge on any atom is 0.262 e. The molecular weight excluding hydrogens is 399 g/mol. The number of hydrogen-bond donors (Lipinski definition) is 2. The molecule has 3 aromatic rings. The van der Waals surface area contributed by atoms with E-state index in [0.29, 0.717) is 54.4 Å². The van der Waals surface area contributed by atoms with Crippen LogP contribution >= 0.6 is 0 Å². The molecule has 4 rings (SSSR count). The molecule has 1 aromatic heterocycles. The lowest BCUT2D eigenvalue weighted by atomic mass is 10.0. The number of aliphatic hydroxyl groups excluding tert-OH is 1. The van der Waals surface area contributed by atoms with E-state index in [2.05, 4.69) is 10.2 Å². The van der Waals surface area contributed by atoms with Gasteiger partial charge < -0.3 is 20.1 Å². The third-order valence-electron chi connectivity index (χ3n) is 5.70. The van der Waals surface area contributed by atoms with Crippen molar-refractivity contribution in [3.63, 3.8) is 0 Å². The quantitative estimate of drug-likeness (QED) is 0.653. The van der Waals surface area contributed by atoms with Crippen molar-refractivity contribution in [1.82, 2.24) is 9.55 Å². The molecule has 2 aromatic carbocycles. The molecule has 0 bridgehead atoms. The van der Waals surface area contributed by atoms with Crippen LogP contribution in [0.4, 0.5) is 16.0 Å². The second-order valence-electron chi connectivity index (χ2n) is 7.95. The fourth-order valence-corrected chi connectivity index (χ4v) is 4.06. The number of morpholine rings is 1. The molecule has 0 radical (unpaired) electrons. The van der Waals surface area contributed by atoms with Crippen molar-refractivity contribution in [3.8, 4) is 0 Å². The first-order chi connectivity index (χ1) is 14.9. The standard InChI is InChI=1S/C23H27FN4O3/c1-14-10-18(15(2)25-20-5-4-17(24)12-16(20)13-29)21-19(11-14)22(30)27(3)23(26-21)28-6-8-31-9-7-28/h4-5,10-12,15,25,29H,6-9,13H2,1-3H3/t15-/m1/s1. The molecule has 7 nitrogen and oxygen atoms in total. The molecule has 31 heavy (non-hydrogen) atoms. The highest BCUT2D eigenvalue weighted by Gasteiger charge is 2.21. The van der Waals surface area contributed by atoms with E-state index >= 15 is 0 Å². The highest BCUT2D eigenvalue weighted by Crippen LogP contribution is 2.29. The van der Waals surface area contributed by atoms with Crippen molar-refractivity contribution in [2.75, 3.05) is 36.5 Å². The van der Waals surface area contributed by atoms with E-state index in [1.165, 1.54) is 12.1 Å². The topological polar surface area (TPSA) is 79.6 Å². The van der Waals surface area contributed by atoms with Gasteiger partial charge in [-0.2, -0.15) is 0 Å². The molecule has 1 aliphatic rings. The lowest BCUT2D eigenvalue weighted by Gasteiger charge is -2.29. The van der Waals surface area contributed by atoms with Gasteiger partial charge in [-0.15, -0.1) is 0 Å². The van der Waals surface area contributed by atoms with Gasteiger partial charge in [-0.25, -0.2) is 9.37 Å². The predicted octanol–water partition coefficient (Wildman–Crippen LogP) is 2.88. The summed E-state index contributed by atoms with van der Waals surface area (Å²) < 4.78 is 20.6. The smallest absolute Gasteiger partial charge is 0.262 e. The molecule has 0 saturated carbocycles. The summed E-state index contributed by atoms with van der Waals surface area (Å²) in [6.45, 7) is 6.18. The van der Waals surface area contributed by atoms with Crippen LogP contribution in [0.25, 0.3) is 10.9 Å². The maximum absolute atomic E-state index is 13.6. The number of hydrogen-bond acceptors (Lipinski definition) is 6. The van der Waals surface area contributed by atoms with Gasteiger partial charge in [0, 0.05) is 37.0 Å². The fourth-order valence-electron chi connectivity index (χ4n) is 4.06. The Morgan fingerprint density at radius 2 is 2.00 bits per heavy atom. The van der Waals surface area contributed by atoms with Gasteiger partial charge in [-0.05, 0) is 43.7 Å². The van der Waals surface area contributed by atoms with Crippen LogP contribution in [0.5, 0.6) is 0 Å². The summed E-state index contributed by atoms with van der Waals surface area (Å²) in [5.41, 5.74) is 3.49. The molecule has 0 aliphatic carbocycles. The van der Waals surface area contributed by atoms with Crippen LogP contribution in [-0.2, 0) is 18.4 Å². The predicted molar refractivity (Wildman–Crippen MR) is 119 cm³/mol. The average molecular weight is 426 g/mol. The number of fused-ring (bicyclic) bond motifs is 1. The van der Waals surface area contributed by atoms with Crippen molar-refractivity contribution in [2.24, 2.45) is 7.05 Å². The largest absolute Gasteiger partial charge is 0.392 e. The lowest BCUT2D eigenvalue weighted by molar-refractivity contribution is 0.121. The minimum atomic E-state index is -0.399. The zero-order valence-electron chi connectivity index (χ0n) is 18.0. The molecule has 1 atom stereocenters. The minimum absolute atomic E-state index is 0.0959. The number of nitrogens with one attached hydrogen (secondary N) is 1. The molecule has 1 fully saturated rings. The van der Waals surface area contributed by atoms with E-state index in [9.17, 15) is 14.3 Å². The minimum Gasteiger partial charge on any atom is -0.392 e. The molecule has 8 heteroatoms. The van der Waals surface area contributed by atoms with E-state index in [1.807, 2.05) is 26.0 Å². The molecule has 0 amide bonds. The number of anilines is 2. The van der Waals surface area contributed by atoms with Crippen molar-refractivity contribution in [1.29, 1.82) is 0 Å². The molecule has 1 saturated heterocycles. The Hall–Kier alpha value is -2.97. The van der Waals surface area contributed by atoms with Crippen molar-refractivity contribution in [2.45, 2.75) is 26.5 Å². The van der Waals surface area contributed by atoms with Crippen molar-refractivity contribution < 1.29 is 14.2 Å². The number of nitrogens with zero attached hydrogens (tertiary/aromatic N) is 3. The Balaban J connectivity index is 1.81. The summed E-state index contributed by atoms with van der Waals surface area (Å²) in [7, 11) is 1.75. The Bertz CT molecular complexity index is 1170. The van der Waals surface area contributed by atoms with Gasteiger partial charge in [0.05, 0.1) is 36.8 Å². The third kappa shape index (κ3) is 4.13. The van der Waals surface area contributed by atoms with Gasteiger partial charge in [-0.3, -0.25) is 9.36 Å². The number of ether oxygens (including phenoxy) is 1. The summed E-state index contributed by atoms with van der Waals surface area (Å²) >= 11 is 0. The van der Waals surface area contributed by atoms with Crippen molar-refractivity contribution >= 4 is 22.5 Å². The zero-order chi connectivity index (χ0) is 22.1. The van der Waals surface area contributed by atoms with Gasteiger partial charge in [0.1, 0.15) is 5.82 Å². The number of halogens is 1. The van der Waals surface area contributed by atoms with Crippen LogP contribution in [0.2, 0.25) is 0 Å². The van der Waals surface area contributed by atoms with Gasteiger partial charge in [-0.1, -0.05) is 6.07 Å². The number of benzene rings is 2. The first-order valence-corrected chi connectivity index (χ1v) is 10.4. The van der Waals surface area contributed by atoms with Crippen LogP contribution in [-0.4, -0.2) is 41.0 Å². The monoisotopic (exact) mass is 426 g/mol. The molecule has 0 spiro atoms. The number of rotatable bonds is 5.